The van der Waals surface area contributed by atoms with E-state index in [9.17, 15) is 13.2 Å². The first-order valence-corrected chi connectivity index (χ1v) is 27.7. The van der Waals surface area contributed by atoms with Crippen LogP contribution in [0.4, 0.5) is 13.2 Å². The number of halogens is 3. The summed E-state index contributed by atoms with van der Waals surface area (Å²) in [4.78, 5) is 33.4. The molecule has 73 heavy (non-hydrogen) atoms. The highest BCUT2D eigenvalue weighted by molar-refractivity contribution is 5.18. The van der Waals surface area contributed by atoms with Gasteiger partial charge in [0, 0.05) is 124 Å². The molecule has 5 aliphatic heterocycles. The second-order valence-electron chi connectivity index (χ2n) is 20.9. The summed E-state index contributed by atoms with van der Waals surface area (Å²) in [6.45, 7) is 27.0. The van der Waals surface area contributed by atoms with Crippen molar-refractivity contribution in [1.29, 1.82) is 0 Å². The molecule has 5 saturated heterocycles. The molecule has 0 bridgehead atoms. The van der Waals surface area contributed by atoms with Crippen molar-refractivity contribution in [2.45, 2.75) is 131 Å². The fourth-order valence-electron chi connectivity index (χ4n) is 9.77. The lowest BCUT2D eigenvalue weighted by molar-refractivity contribution is 0.339. The van der Waals surface area contributed by atoms with Gasteiger partial charge in [-0.05, 0) is 211 Å². The molecule has 398 valence electrons. The maximum Gasteiger partial charge on any atom is 0.216 e. The molecule has 13 heteroatoms. The first-order chi connectivity index (χ1) is 35.4. The highest BCUT2D eigenvalue weighted by Gasteiger charge is 2.16. The van der Waals surface area contributed by atoms with E-state index in [1.165, 1.54) is 183 Å². The molecular weight excluding hydrogens is 918 g/mol. The van der Waals surface area contributed by atoms with E-state index >= 15 is 0 Å². The van der Waals surface area contributed by atoms with Gasteiger partial charge in [-0.15, -0.1) is 0 Å². The lowest BCUT2D eigenvalue weighted by atomic mass is 10.2. The van der Waals surface area contributed by atoms with Gasteiger partial charge >= 0.3 is 0 Å². The van der Waals surface area contributed by atoms with Crippen molar-refractivity contribution < 1.29 is 13.2 Å². The molecular formula is C60H87F3N10. The average Bonchev–Trinajstić information content (AvgIpc) is 4.27. The van der Waals surface area contributed by atoms with E-state index in [1.54, 1.807) is 19.2 Å². The van der Waals surface area contributed by atoms with Gasteiger partial charge in [0.25, 0.3) is 0 Å². The van der Waals surface area contributed by atoms with Crippen LogP contribution in [0.15, 0.2) is 73.3 Å². The van der Waals surface area contributed by atoms with E-state index in [1.807, 2.05) is 18.6 Å². The fraction of sp³-hybridized carbons (Fsp3) is 0.583. The normalized spacial score (nSPS) is 17.3. The van der Waals surface area contributed by atoms with Crippen LogP contribution in [0.5, 0.6) is 0 Å². The number of rotatable bonds is 15. The van der Waals surface area contributed by atoms with E-state index in [-0.39, 0.29) is 17.1 Å². The maximum absolute atomic E-state index is 13.5. The Morgan fingerprint density at radius 3 is 0.986 bits per heavy atom. The summed E-state index contributed by atoms with van der Waals surface area (Å²) in [6.07, 6.45) is 25.4. The number of likely N-dealkylation sites (tertiary alicyclic amines) is 5. The van der Waals surface area contributed by atoms with Crippen LogP contribution < -0.4 is 0 Å². The van der Waals surface area contributed by atoms with Gasteiger partial charge in [0.2, 0.25) is 5.95 Å². The van der Waals surface area contributed by atoms with Gasteiger partial charge in [0.05, 0.1) is 5.69 Å². The highest BCUT2D eigenvalue weighted by Crippen LogP contribution is 2.15. The third kappa shape index (κ3) is 22.0. The Morgan fingerprint density at radius 1 is 0.356 bits per heavy atom. The Bertz CT molecular complexity index is 2140. The van der Waals surface area contributed by atoms with Crippen LogP contribution in [-0.4, -0.2) is 148 Å². The van der Waals surface area contributed by atoms with Crippen molar-refractivity contribution in [3.8, 4) is 0 Å². The zero-order chi connectivity index (χ0) is 51.6. The summed E-state index contributed by atoms with van der Waals surface area (Å²) in [5.41, 5.74) is 9.41. The Balaban J connectivity index is 0.000000149. The molecule has 5 aliphatic rings. The van der Waals surface area contributed by atoms with E-state index in [0.717, 1.165) is 57.6 Å². The summed E-state index contributed by atoms with van der Waals surface area (Å²) in [6, 6.07) is 15.7. The molecule has 0 aliphatic carbocycles. The largest absolute Gasteiger partial charge is 0.303 e. The van der Waals surface area contributed by atoms with Crippen molar-refractivity contribution in [3.63, 3.8) is 0 Å². The van der Waals surface area contributed by atoms with E-state index < -0.39 is 11.8 Å². The number of aromatic nitrogens is 5. The quantitative estimate of drug-likeness (QED) is 0.0946. The number of pyridine rings is 5. The predicted octanol–water partition coefficient (Wildman–Crippen LogP) is 10.6. The monoisotopic (exact) mass is 1000 g/mol. The average molecular weight is 1010 g/mol. The molecule has 5 aromatic rings. The minimum absolute atomic E-state index is 0.138. The SMILES string of the molecule is Cc1cc(F)c(CCN2CCCC2)nc1F.Cc1ccc(CCN2CCCC2)nc1.Cc1ccc(CCN2CCCC2)nc1.Cc1ccc(CCN2CCCC2)nc1.Cc1cnc(CCN2CCCC2)cc1F. The Morgan fingerprint density at radius 2 is 0.671 bits per heavy atom. The molecule has 10 heterocycles. The van der Waals surface area contributed by atoms with Gasteiger partial charge in [0.1, 0.15) is 11.6 Å². The Labute approximate surface area is 437 Å². The van der Waals surface area contributed by atoms with Crippen LogP contribution in [0.2, 0.25) is 0 Å². The number of nitrogens with zero attached hydrogens (tertiary/aromatic N) is 10. The fourth-order valence-corrected chi connectivity index (χ4v) is 9.77. The minimum atomic E-state index is -0.558. The van der Waals surface area contributed by atoms with Gasteiger partial charge in [0.15, 0.2) is 0 Å². The Kier molecular flexibility index (Phi) is 25.2. The third-order valence-electron chi connectivity index (χ3n) is 14.6. The molecule has 5 fully saturated rings. The van der Waals surface area contributed by atoms with Gasteiger partial charge < -0.3 is 24.5 Å². The van der Waals surface area contributed by atoms with Gasteiger partial charge in [-0.2, -0.15) is 4.39 Å². The van der Waals surface area contributed by atoms with Crippen molar-refractivity contribution in [2.24, 2.45) is 0 Å². The molecule has 0 saturated carbocycles. The second-order valence-corrected chi connectivity index (χ2v) is 20.9. The van der Waals surface area contributed by atoms with Crippen molar-refractivity contribution in [2.75, 3.05) is 98.2 Å². The molecule has 0 aromatic carbocycles. The number of aryl methyl sites for hydroxylation is 5. The molecule has 10 rings (SSSR count). The molecule has 0 radical (unpaired) electrons. The molecule has 0 unspecified atom stereocenters. The van der Waals surface area contributed by atoms with Crippen LogP contribution >= 0.6 is 0 Å². The predicted molar refractivity (Wildman–Crippen MR) is 292 cm³/mol. The first-order valence-electron chi connectivity index (χ1n) is 27.7. The van der Waals surface area contributed by atoms with Gasteiger partial charge in [-0.3, -0.25) is 19.9 Å². The van der Waals surface area contributed by atoms with E-state index in [4.69, 9.17) is 0 Å². The molecule has 0 N–H and O–H groups in total. The van der Waals surface area contributed by atoms with Crippen LogP contribution in [0.25, 0.3) is 0 Å². The van der Waals surface area contributed by atoms with Crippen LogP contribution in [0.3, 0.4) is 0 Å². The zero-order valence-corrected chi connectivity index (χ0v) is 45.2. The molecule has 0 spiro atoms. The second kappa shape index (κ2) is 31.9. The van der Waals surface area contributed by atoms with Gasteiger partial charge in [-0.25, -0.2) is 13.8 Å². The molecule has 10 nitrogen and oxygen atoms in total. The molecule has 5 aromatic heterocycles. The zero-order valence-electron chi connectivity index (χ0n) is 45.2. The standard InChI is InChI=1S/C12H16F2N2.C12H17FN2.3C12H18N2/c1-9-8-10(13)11(15-12(9)14)4-7-16-5-2-3-6-16;1-10-9-14-11(8-12(10)13)4-7-15-5-2-3-6-15;3*1-11-4-5-12(13-10-11)6-9-14-7-2-3-8-14/h8H,2-7H2,1H3;8-9H,2-7H2,1H3;3*4-5,10H,2-3,6-9H2,1H3. The smallest absolute Gasteiger partial charge is 0.216 e. The Hall–Kier alpha value is -4.66. The molecule has 0 amide bonds. The lowest BCUT2D eigenvalue weighted by Gasteiger charge is -2.14. The van der Waals surface area contributed by atoms with Crippen LogP contribution in [-0.2, 0) is 32.1 Å². The lowest BCUT2D eigenvalue weighted by Crippen LogP contribution is -2.22. The summed E-state index contributed by atoms with van der Waals surface area (Å²) >= 11 is 0. The minimum Gasteiger partial charge on any atom is -0.303 e. The van der Waals surface area contributed by atoms with Gasteiger partial charge in [-0.1, -0.05) is 18.2 Å². The summed E-state index contributed by atoms with van der Waals surface area (Å²) in [7, 11) is 0. The summed E-state index contributed by atoms with van der Waals surface area (Å²) in [5.74, 6) is -1.09. The van der Waals surface area contributed by atoms with Crippen molar-refractivity contribution >= 4 is 0 Å². The van der Waals surface area contributed by atoms with Crippen molar-refractivity contribution in [3.05, 3.63) is 147 Å². The maximum atomic E-state index is 13.5. The van der Waals surface area contributed by atoms with Crippen molar-refractivity contribution in [1.82, 2.24) is 49.4 Å². The van der Waals surface area contributed by atoms with E-state index in [2.05, 4.69) is 107 Å². The van der Waals surface area contributed by atoms with Crippen LogP contribution in [0.1, 0.15) is 120 Å². The summed E-state index contributed by atoms with van der Waals surface area (Å²) in [5, 5.41) is 0. The number of hydrogen-bond donors (Lipinski definition) is 0. The molecule has 0 atom stereocenters. The highest BCUT2D eigenvalue weighted by atomic mass is 19.1. The summed E-state index contributed by atoms with van der Waals surface area (Å²) < 4.78 is 39.9. The van der Waals surface area contributed by atoms with E-state index in [0.29, 0.717) is 12.0 Å². The topological polar surface area (TPSA) is 80.7 Å². The third-order valence-corrected chi connectivity index (χ3v) is 14.6. The number of hydrogen-bond acceptors (Lipinski definition) is 10. The van der Waals surface area contributed by atoms with Crippen LogP contribution in [0, 0.1) is 52.2 Å². The first kappa shape index (κ1) is 57.6.